The lowest BCUT2D eigenvalue weighted by atomic mass is 9.84. The number of aromatic nitrogens is 4. The summed E-state index contributed by atoms with van der Waals surface area (Å²) in [6.45, 7) is 18.3. The molecule has 13 heteroatoms. The molecule has 0 aliphatic carbocycles. The van der Waals surface area contributed by atoms with Crippen LogP contribution in [0, 0.1) is 12.8 Å². The molecule has 0 amide bonds. The van der Waals surface area contributed by atoms with Crippen LogP contribution in [-0.2, 0) is 10.8 Å². The highest BCUT2D eigenvalue weighted by atomic mass is 32.2. The van der Waals surface area contributed by atoms with Gasteiger partial charge in [-0.2, -0.15) is 28.2 Å². The fourth-order valence-electron chi connectivity index (χ4n) is 5.55. The Morgan fingerprint density at radius 1 is 0.941 bits per heavy atom. The topological polar surface area (TPSA) is 125 Å². The van der Waals surface area contributed by atoms with Gasteiger partial charge >= 0.3 is 6.18 Å². The van der Waals surface area contributed by atoms with Crippen molar-refractivity contribution in [1.82, 2.24) is 20.2 Å². The SMILES string of the molecule is CCC(O)C(F)(F)F.CCCC(CCC(C)CC)c1cc(OC(C)C)c(Nc2nc(Nc3ccccc3S(=O)C(C)C)c3cn[nH]c3n2)cc1C. The summed E-state index contributed by atoms with van der Waals surface area (Å²) in [7, 11) is -1.17. The number of hydrogen-bond donors (Lipinski definition) is 4. The van der Waals surface area contributed by atoms with Crippen LogP contribution in [0.5, 0.6) is 5.75 Å². The molecule has 0 aliphatic rings. The van der Waals surface area contributed by atoms with Crippen LogP contribution in [-0.4, -0.2) is 53.1 Å². The van der Waals surface area contributed by atoms with Crippen molar-refractivity contribution in [3.63, 3.8) is 0 Å². The van der Waals surface area contributed by atoms with E-state index in [1.165, 1.54) is 37.3 Å². The number of benzene rings is 2. The van der Waals surface area contributed by atoms with Gasteiger partial charge in [0.05, 0.1) is 44.8 Å². The van der Waals surface area contributed by atoms with Crippen LogP contribution in [0.1, 0.15) is 111 Å². The molecule has 2 aromatic heterocycles. The van der Waals surface area contributed by atoms with Crippen molar-refractivity contribution in [2.75, 3.05) is 10.6 Å². The van der Waals surface area contributed by atoms with E-state index in [0.717, 1.165) is 46.2 Å². The van der Waals surface area contributed by atoms with E-state index >= 15 is 0 Å². The van der Waals surface area contributed by atoms with Crippen molar-refractivity contribution in [1.29, 1.82) is 0 Å². The molecule has 0 spiro atoms. The minimum Gasteiger partial charge on any atom is -0.489 e. The minimum atomic E-state index is -4.44. The number of ether oxygens (including phenoxy) is 1. The van der Waals surface area contributed by atoms with Gasteiger partial charge in [0.15, 0.2) is 5.65 Å². The van der Waals surface area contributed by atoms with Gasteiger partial charge in [-0.25, -0.2) is 0 Å². The van der Waals surface area contributed by atoms with Gasteiger partial charge < -0.3 is 20.5 Å². The van der Waals surface area contributed by atoms with Crippen LogP contribution in [0.3, 0.4) is 0 Å². The third-order valence-electron chi connectivity index (χ3n) is 8.62. The van der Waals surface area contributed by atoms with Crippen LogP contribution in [0.15, 0.2) is 47.5 Å². The normalized spacial score (nSPS) is 14.2. The number of H-pyrrole nitrogens is 1. The number of hydrogen-bond acceptors (Lipinski definition) is 8. The number of aromatic amines is 1. The maximum Gasteiger partial charge on any atom is 0.414 e. The molecule has 0 saturated carbocycles. The Bertz CT molecular complexity index is 1710. The van der Waals surface area contributed by atoms with E-state index in [1.54, 1.807) is 6.20 Å². The van der Waals surface area contributed by atoms with Gasteiger partial charge in [-0.05, 0) is 87.3 Å². The Kier molecular flexibility index (Phi) is 15.7. The van der Waals surface area contributed by atoms with E-state index in [9.17, 15) is 17.4 Å². The highest BCUT2D eigenvalue weighted by Gasteiger charge is 2.36. The van der Waals surface area contributed by atoms with Gasteiger partial charge in [-0.15, -0.1) is 0 Å². The predicted molar refractivity (Wildman–Crippen MR) is 202 cm³/mol. The molecule has 282 valence electrons. The quantitative estimate of drug-likeness (QED) is 0.0897. The Balaban J connectivity index is 0.000000783. The molecule has 4 rings (SSSR count). The zero-order valence-electron chi connectivity index (χ0n) is 31.3. The summed E-state index contributed by atoms with van der Waals surface area (Å²) in [4.78, 5) is 10.3. The second-order valence-corrected chi connectivity index (χ2v) is 15.5. The molecule has 0 saturated heterocycles. The minimum absolute atomic E-state index is 0.00686. The zero-order chi connectivity index (χ0) is 37.9. The molecule has 0 aliphatic heterocycles. The van der Waals surface area contributed by atoms with Crippen molar-refractivity contribution < 1.29 is 27.2 Å². The number of aliphatic hydroxyl groups is 1. The van der Waals surface area contributed by atoms with E-state index in [2.05, 4.69) is 60.7 Å². The Hall–Kier alpha value is -3.71. The summed E-state index contributed by atoms with van der Waals surface area (Å²) in [6, 6.07) is 12.0. The lowest BCUT2D eigenvalue weighted by molar-refractivity contribution is -0.204. The molecule has 0 fully saturated rings. The van der Waals surface area contributed by atoms with Crippen LogP contribution in [0.4, 0.5) is 36.3 Å². The summed E-state index contributed by atoms with van der Waals surface area (Å²) in [5.74, 6) is 2.99. The van der Waals surface area contributed by atoms with Gasteiger partial charge in [0, 0.05) is 5.25 Å². The van der Waals surface area contributed by atoms with Crippen LogP contribution < -0.4 is 15.4 Å². The molecule has 4 N–H and O–H groups in total. The van der Waals surface area contributed by atoms with Crippen molar-refractivity contribution in [2.45, 2.75) is 135 Å². The number of nitrogens with one attached hydrogen (secondary N) is 3. The lowest BCUT2D eigenvalue weighted by Gasteiger charge is -2.24. The number of aryl methyl sites for hydroxylation is 1. The first-order chi connectivity index (χ1) is 24.1. The number of para-hydroxylation sites is 1. The summed E-state index contributed by atoms with van der Waals surface area (Å²) in [5, 5.41) is 22.8. The van der Waals surface area contributed by atoms with Gasteiger partial charge in [0.25, 0.3) is 0 Å². The number of aliphatic hydroxyl groups excluding tert-OH is 1. The Morgan fingerprint density at radius 2 is 1.65 bits per heavy atom. The van der Waals surface area contributed by atoms with Crippen molar-refractivity contribution in [3.8, 4) is 5.75 Å². The van der Waals surface area contributed by atoms with Crippen LogP contribution in [0.25, 0.3) is 11.0 Å². The van der Waals surface area contributed by atoms with Gasteiger partial charge in [0.1, 0.15) is 17.7 Å². The van der Waals surface area contributed by atoms with E-state index in [0.29, 0.717) is 23.3 Å². The second-order valence-electron chi connectivity index (χ2n) is 13.5. The van der Waals surface area contributed by atoms with Crippen LogP contribution >= 0.6 is 0 Å². The number of nitrogens with zero attached hydrogens (tertiary/aromatic N) is 3. The number of halogens is 3. The molecule has 4 unspecified atom stereocenters. The number of rotatable bonds is 16. The average molecular weight is 733 g/mol. The Morgan fingerprint density at radius 3 is 2.24 bits per heavy atom. The molecular weight excluding hydrogens is 678 g/mol. The summed E-state index contributed by atoms with van der Waals surface area (Å²) < 4.78 is 53.0. The van der Waals surface area contributed by atoms with Gasteiger partial charge in [-0.3, -0.25) is 9.31 Å². The summed E-state index contributed by atoms with van der Waals surface area (Å²) in [5.41, 5.74) is 4.74. The molecule has 0 bridgehead atoms. The molecule has 4 aromatic rings. The molecular formula is C38H55F3N6O3S. The first-order valence-corrected chi connectivity index (χ1v) is 19.1. The van der Waals surface area contributed by atoms with E-state index in [-0.39, 0.29) is 17.8 Å². The van der Waals surface area contributed by atoms with Gasteiger partial charge in [-0.1, -0.05) is 72.9 Å². The third kappa shape index (κ3) is 11.9. The summed E-state index contributed by atoms with van der Waals surface area (Å²) in [6.07, 6.45) is 0.755. The zero-order valence-corrected chi connectivity index (χ0v) is 32.1. The largest absolute Gasteiger partial charge is 0.489 e. The number of anilines is 4. The highest BCUT2D eigenvalue weighted by Crippen LogP contribution is 2.39. The highest BCUT2D eigenvalue weighted by molar-refractivity contribution is 7.85. The second kappa shape index (κ2) is 19.2. The fraction of sp³-hybridized carbons (Fsp3) is 0.553. The molecule has 9 nitrogen and oxygen atoms in total. The number of alkyl halides is 3. The summed E-state index contributed by atoms with van der Waals surface area (Å²) >= 11 is 0. The van der Waals surface area contributed by atoms with E-state index in [1.807, 2.05) is 52.0 Å². The van der Waals surface area contributed by atoms with E-state index in [4.69, 9.17) is 19.8 Å². The first-order valence-electron chi connectivity index (χ1n) is 17.9. The molecule has 2 aromatic carbocycles. The van der Waals surface area contributed by atoms with Crippen molar-refractivity contribution in [2.24, 2.45) is 5.92 Å². The monoisotopic (exact) mass is 732 g/mol. The predicted octanol–water partition coefficient (Wildman–Crippen LogP) is 10.5. The van der Waals surface area contributed by atoms with Gasteiger partial charge in [0.2, 0.25) is 5.95 Å². The van der Waals surface area contributed by atoms with Crippen LogP contribution in [0.2, 0.25) is 0 Å². The number of fused-ring (bicyclic) bond motifs is 1. The first kappa shape index (κ1) is 41.7. The maximum atomic E-state index is 13.0. The molecule has 4 atom stereocenters. The van der Waals surface area contributed by atoms with E-state index < -0.39 is 23.1 Å². The molecule has 2 heterocycles. The Labute approximate surface area is 303 Å². The molecule has 51 heavy (non-hydrogen) atoms. The average Bonchev–Trinajstić information content (AvgIpc) is 3.56. The smallest absolute Gasteiger partial charge is 0.414 e. The molecule has 0 radical (unpaired) electrons. The van der Waals surface area contributed by atoms with Crippen molar-refractivity contribution in [3.05, 3.63) is 53.7 Å². The van der Waals surface area contributed by atoms with Crippen molar-refractivity contribution >= 4 is 45.0 Å². The third-order valence-corrected chi connectivity index (χ3v) is 10.3. The maximum absolute atomic E-state index is 13.0. The standard InChI is InChI=1S/C34H48N6O2S.C4H7F3O/c1-9-13-25(17-16-23(7)10-2)26-19-30(42-21(3)4)29(18-24(26)8)37-34-38-32(27-20-35-40-33(27)39-34)36-28-14-11-12-15-31(28)43(41)22(5)6;1-2-3(8)4(5,6)7/h11-12,14-15,18-23,25H,9-10,13,16-17H2,1-8H3,(H3,35,36,37,38,39,40);3,8H,2H2,1H3. The fourth-order valence-corrected chi connectivity index (χ4v) is 6.61. The lowest BCUT2D eigenvalue weighted by Crippen LogP contribution is -2.27.